The highest BCUT2D eigenvalue weighted by Crippen LogP contribution is 2.33. The molecule has 1 aromatic carbocycles. The summed E-state index contributed by atoms with van der Waals surface area (Å²) in [4.78, 5) is 15.8. The van der Waals surface area contributed by atoms with Crippen LogP contribution in [0, 0.1) is 5.92 Å². The molecule has 0 bridgehead atoms. The van der Waals surface area contributed by atoms with Crippen molar-refractivity contribution in [3.8, 4) is 17.0 Å². The van der Waals surface area contributed by atoms with Crippen LogP contribution in [0.15, 0.2) is 23.6 Å². The average Bonchev–Trinajstić information content (AvgIpc) is 2.95. The van der Waals surface area contributed by atoms with Crippen molar-refractivity contribution >= 4 is 49.9 Å². The number of carbonyl (C=O) groups is 1. The lowest BCUT2D eigenvalue weighted by Gasteiger charge is -2.25. The standard InChI is InChI=1S/C16H16BrClN2O2S/c17-7-15(21)20-16-19-13(9-23-16)11-4-5-14(12(18)6-11)22-8-10-2-1-3-10/h4-6,9-10H,1-3,7-8H2,(H,19,20,21). The van der Waals surface area contributed by atoms with Crippen LogP contribution >= 0.6 is 38.9 Å². The van der Waals surface area contributed by atoms with Gasteiger partial charge in [-0.25, -0.2) is 4.98 Å². The van der Waals surface area contributed by atoms with E-state index in [1.54, 1.807) is 0 Å². The summed E-state index contributed by atoms with van der Waals surface area (Å²) in [5.74, 6) is 1.26. The zero-order valence-corrected chi connectivity index (χ0v) is 15.5. The number of carbonyl (C=O) groups excluding carboxylic acids is 1. The van der Waals surface area contributed by atoms with E-state index in [9.17, 15) is 4.79 Å². The number of alkyl halides is 1. The molecule has 1 aliphatic carbocycles. The Bertz CT molecular complexity index is 703. The van der Waals surface area contributed by atoms with Gasteiger partial charge in [0.15, 0.2) is 5.13 Å². The molecule has 1 N–H and O–H groups in total. The number of thiazole rings is 1. The number of rotatable bonds is 6. The number of hydrogen-bond donors (Lipinski definition) is 1. The Hall–Kier alpha value is -1.11. The number of halogens is 2. The third kappa shape index (κ3) is 4.25. The van der Waals surface area contributed by atoms with Crippen molar-refractivity contribution in [3.05, 3.63) is 28.6 Å². The summed E-state index contributed by atoms with van der Waals surface area (Å²) >= 11 is 10.8. The van der Waals surface area contributed by atoms with Gasteiger partial charge < -0.3 is 10.1 Å². The van der Waals surface area contributed by atoms with Crippen LogP contribution < -0.4 is 10.1 Å². The Kier molecular flexibility index (Phi) is 5.56. The number of nitrogens with one attached hydrogen (secondary N) is 1. The van der Waals surface area contributed by atoms with Crippen LogP contribution in [0.3, 0.4) is 0 Å². The van der Waals surface area contributed by atoms with E-state index < -0.39 is 0 Å². The van der Waals surface area contributed by atoms with E-state index in [1.165, 1.54) is 30.6 Å². The first-order valence-electron chi connectivity index (χ1n) is 7.40. The van der Waals surface area contributed by atoms with Gasteiger partial charge in [0.25, 0.3) is 0 Å². The SMILES string of the molecule is O=C(CBr)Nc1nc(-c2ccc(OCC3CCC3)c(Cl)c2)cs1. The molecule has 0 saturated heterocycles. The molecule has 1 saturated carbocycles. The molecule has 0 atom stereocenters. The maximum Gasteiger partial charge on any atom is 0.236 e. The van der Waals surface area contributed by atoms with Crippen molar-refractivity contribution in [2.24, 2.45) is 5.92 Å². The summed E-state index contributed by atoms with van der Waals surface area (Å²) in [7, 11) is 0. The smallest absolute Gasteiger partial charge is 0.236 e. The van der Waals surface area contributed by atoms with Crippen LogP contribution in [0.2, 0.25) is 5.02 Å². The summed E-state index contributed by atoms with van der Waals surface area (Å²) in [6.45, 7) is 0.735. The van der Waals surface area contributed by atoms with Crippen molar-refractivity contribution in [3.63, 3.8) is 0 Å². The monoisotopic (exact) mass is 414 g/mol. The van der Waals surface area contributed by atoms with Gasteiger partial charge in [0.05, 0.1) is 22.7 Å². The molecule has 1 amide bonds. The van der Waals surface area contributed by atoms with E-state index in [0.717, 1.165) is 17.9 Å². The number of nitrogens with zero attached hydrogens (tertiary/aromatic N) is 1. The molecular formula is C16H16BrClN2O2S. The second-order valence-corrected chi connectivity index (χ2v) is 7.30. The Morgan fingerprint density at radius 3 is 2.96 bits per heavy atom. The van der Waals surface area contributed by atoms with Gasteiger partial charge in [-0.05, 0) is 37.0 Å². The van der Waals surface area contributed by atoms with Gasteiger partial charge in [-0.15, -0.1) is 11.3 Å². The number of ether oxygens (including phenoxy) is 1. The highest BCUT2D eigenvalue weighted by Gasteiger charge is 2.18. The molecule has 122 valence electrons. The Labute approximate surface area is 152 Å². The van der Waals surface area contributed by atoms with Crippen LogP contribution in [-0.4, -0.2) is 22.8 Å². The van der Waals surface area contributed by atoms with Crippen molar-refractivity contribution in [2.75, 3.05) is 17.3 Å². The third-order valence-corrected chi connectivity index (χ3v) is 5.36. The molecule has 1 heterocycles. The molecule has 0 radical (unpaired) electrons. The van der Waals surface area contributed by atoms with Gasteiger partial charge in [-0.3, -0.25) is 4.79 Å². The predicted molar refractivity (Wildman–Crippen MR) is 97.8 cm³/mol. The normalized spacial score (nSPS) is 14.3. The van der Waals surface area contributed by atoms with Crippen LogP contribution in [0.25, 0.3) is 11.3 Å². The highest BCUT2D eigenvalue weighted by molar-refractivity contribution is 9.09. The second-order valence-electron chi connectivity index (χ2n) is 5.47. The number of aromatic nitrogens is 1. The van der Waals surface area contributed by atoms with Crippen LogP contribution in [0.5, 0.6) is 5.75 Å². The van der Waals surface area contributed by atoms with E-state index in [4.69, 9.17) is 16.3 Å². The van der Waals surface area contributed by atoms with E-state index in [0.29, 0.717) is 21.8 Å². The lowest BCUT2D eigenvalue weighted by molar-refractivity contribution is -0.113. The van der Waals surface area contributed by atoms with Crippen LogP contribution in [0.1, 0.15) is 19.3 Å². The molecule has 0 unspecified atom stereocenters. The second kappa shape index (κ2) is 7.64. The van der Waals surface area contributed by atoms with Crippen molar-refractivity contribution in [1.82, 2.24) is 4.98 Å². The predicted octanol–water partition coefficient (Wildman–Crippen LogP) is 4.98. The first kappa shape index (κ1) is 16.7. The molecule has 3 rings (SSSR count). The lowest BCUT2D eigenvalue weighted by Crippen LogP contribution is -2.19. The largest absolute Gasteiger partial charge is 0.492 e. The molecule has 0 spiro atoms. The molecule has 1 fully saturated rings. The fraction of sp³-hybridized carbons (Fsp3) is 0.375. The summed E-state index contributed by atoms with van der Waals surface area (Å²) in [5.41, 5.74) is 1.69. The van der Waals surface area contributed by atoms with Gasteiger partial charge in [-0.1, -0.05) is 34.0 Å². The van der Waals surface area contributed by atoms with Crippen molar-refractivity contribution in [1.29, 1.82) is 0 Å². The van der Waals surface area contributed by atoms with Gasteiger partial charge in [0.1, 0.15) is 5.75 Å². The number of hydrogen-bond acceptors (Lipinski definition) is 4. The Morgan fingerprint density at radius 2 is 2.30 bits per heavy atom. The molecular weight excluding hydrogens is 400 g/mol. The van der Waals surface area contributed by atoms with E-state index >= 15 is 0 Å². The Morgan fingerprint density at radius 1 is 1.48 bits per heavy atom. The average molecular weight is 416 g/mol. The van der Waals surface area contributed by atoms with Gasteiger partial charge >= 0.3 is 0 Å². The minimum absolute atomic E-state index is 0.122. The first-order valence-corrected chi connectivity index (χ1v) is 9.77. The molecule has 23 heavy (non-hydrogen) atoms. The fourth-order valence-electron chi connectivity index (χ4n) is 2.26. The fourth-order valence-corrected chi connectivity index (χ4v) is 3.37. The Balaban J connectivity index is 1.68. The number of amides is 1. The van der Waals surface area contributed by atoms with Crippen molar-refractivity contribution in [2.45, 2.75) is 19.3 Å². The third-order valence-electron chi connectivity index (χ3n) is 3.80. The molecule has 2 aromatic rings. The minimum atomic E-state index is -0.122. The van der Waals surface area contributed by atoms with Gasteiger partial charge in [-0.2, -0.15) is 0 Å². The molecule has 1 aliphatic rings. The van der Waals surface area contributed by atoms with E-state index in [-0.39, 0.29) is 11.2 Å². The molecule has 7 heteroatoms. The highest BCUT2D eigenvalue weighted by atomic mass is 79.9. The maximum atomic E-state index is 11.4. The van der Waals surface area contributed by atoms with Gasteiger partial charge in [0, 0.05) is 10.9 Å². The lowest BCUT2D eigenvalue weighted by atomic mass is 9.86. The number of benzene rings is 1. The zero-order chi connectivity index (χ0) is 16.2. The summed E-state index contributed by atoms with van der Waals surface area (Å²) in [6.07, 6.45) is 3.80. The quantitative estimate of drug-likeness (QED) is 0.677. The van der Waals surface area contributed by atoms with Crippen molar-refractivity contribution < 1.29 is 9.53 Å². The topological polar surface area (TPSA) is 51.2 Å². The molecule has 4 nitrogen and oxygen atoms in total. The summed E-state index contributed by atoms with van der Waals surface area (Å²) < 4.78 is 5.79. The molecule has 0 aliphatic heterocycles. The van der Waals surface area contributed by atoms with E-state index in [2.05, 4.69) is 26.2 Å². The van der Waals surface area contributed by atoms with Gasteiger partial charge in [0.2, 0.25) is 5.91 Å². The summed E-state index contributed by atoms with van der Waals surface area (Å²) in [5, 5.41) is 6.02. The van der Waals surface area contributed by atoms with E-state index in [1.807, 2.05) is 23.6 Å². The van der Waals surface area contributed by atoms with Crippen LogP contribution in [-0.2, 0) is 4.79 Å². The molecule has 1 aromatic heterocycles. The minimum Gasteiger partial charge on any atom is -0.492 e. The maximum absolute atomic E-state index is 11.4. The number of anilines is 1. The zero-order valence-electron chi connectivity index (χ0n) is 12.4. The van der Waals surface area contributed by atoms with Crippen LogP contribution in [0.4, 0.5) is 5.13 Å². The first-order chi connectivity index (χ1) is 11.2. The summed E-state index contributed by atoms with van der Waals surface area (Å²) in [6, 6.07) is 5.67.